The zero-order chi connectivity index (χ0) is 13.7. The van der Waals surface area contributed by atoms with Crippen molar-refractivity contribution in [2.24, 2.45) is 0 Å². The van der Waals surface area contributed by atoms with Crippen molar-refractivity contribution < 1.29 is 0 Å². The Morgan fingerprint density at radius 3 is 2.79 bits per heavy atom. The van der Waals surface area contributed by atoms with E-state index in [1.807, 2.05) is 6.07 Å². The first-order valence-corrected chi connectivity index (χ1v) is 8.05. The van der Waals surface area contributed by atoms with Crippen LogP contribution in [0.15, 0.2) is 30.6 Å². The topological polar surface area (TPSA) is 17.0 Å². The van der Waals surface area contributed by atoms with E-state index in [0.717, 1.165) is 23.8 Å². The van der Waals surface area contributed by atoms with E-state index in [1.165, 1.54) is 16.9 Å². The Labute approximate surface area is 124 Å². The summed E-state index contributed by atoms with van der Waals surface area (Å²) in [5.74, 6) is 0. The van der Waals surface area contributed by atoms with Crippen LogP contribution in [0.1, 0.15) is 43.2 Å². The molecule has 0 saturated carbocycles. The summed E-state index contributed by atoms with van der Waals surface area (Å²) in [7, 11) is 0. The third-order valence-corrected chi connectivity index (χ3v) is 4.41. The van der Waals surface area contributed by atoms with Crippen LogP contribution in [0.5, 0.6) is 0 Å². The van der Waals surface area contributed by atoms with Crippen molar-refractivity contribution in [1.82, 2.24) is 9.88 Å². The van der Waals surface area contributed by atoms with E-state index >= 15 is 0 Å². The molecule has 1 N–H and O–H groups in total. The molecule has 0 amide bonds. The highest BCUT2D eigenvalue weighted by atomic mass is 35.5. The molecular weight excluding hydrogens is 276 g/mol. The van der Waals surface area contributed by atoms with Gasteiger partial charge >= 0.3 is 0 Å². The molecule has 2 aromatic rings. The van der Waals surface area contributed by atoms with Crippen LogP contribution in [0.25, 0.3) is 0 Å². The fourth-order valence-corrected chi connectivity index (χ4v) is 3.29. The van der Waals surface area contributed by atoms with E-state index < -0.39 is 0 Å². The Bertz CT molecular complexity index is 504. The smallest absolute Gasteiger partial charge is 0.0931 e. The number of nitrogens with zero attached hydrogens (tertiary/aromatic N) is 1. The van der Waals surface area contributed by atoms with Gasteiger partial charge in [0.15, 0.2) is 0 Å². The third-order valence-electron chi connectivity index (χ3n) is 3.19. The average Bonchev–Trinajstić information content (AvgIpc) is 3.01. The fraction of sp³-hybridized carbons (Fsp3) is 0.467. The second-order valence-corrected chi connectivity index (χ2v) is 6.54. The van der Waals surface area contributed by atoms with Crippen LogP contribution in [0, 0.1) is 0 Å². The van der Waals surface area contributed by atoms with Crippen LogP contribution < -0.4 is 5.32 Å². The zero-order valence-corrected chi connectivity index (χ0v) is 13.1. The summed E-state index contributed by atoms with van der Waals surface area (Å²) >= 11 is 7.61. The summed E-state index contributed by atoms with van der Waals surface area (Å²) in [5, 5.41) is 3.58. The van der Waals surface area contributed by atoms with Crippen LogP contribution in [0.4, 0.5) is 0 Å². The Kier molecular flexibility index (Phi) is 5.49. The summed E-state index contributed by atoms with van der Waals surface area (Å²) in [4.78, 5) is 1.29. The first-order valence-electron chi connectivity index (χ1n) is 6.86. The van der Waals surface area contributed by atoms with E-state index in [9.17, 15) is 0 Å². The van der Waals surface area contributed by atoms with Gasteiger partial charge in [-0.1, -0.05) is 25.4 Å². The maximum absolute atomic E-state index is 5.96. The van der Waals surface area contributed by atoms with E-state index in [2.05, 4.69) is 48.3 Å². The van der Waals surface area contributed by atoms with Gasteiger partial charge in [-0.25, -0.2) is 0 Å². The quantitative estimate of drug-likeness (QED) is 0.783. The largest absolute Gasteiger partial charge is 0.349 e. The summed E-state index contributed by atoms with van der Waals surface area (Å²) in [6.45, 7) is 6.40. The maximum atomic E-state index is 5.96. The van der Waals surface area contributed by atoms with E-state index in [1.54, 1.807) is 11.3 Å². The number of nitrogens with one attached hydrogen (secondary N) is 1. The van der Waals surface area contributed by atoms with Gasteiger partial charge in [-0.2, -0.15) is 0 Å². The van der Waals surface area contributed by atoms with E-state index in [-0.39, 0.29) is 0 Å². The molecule has 0 aliphatic carbocycles. The van der Waals surface area contributed by atoms with Gasteiger partial charge in [-0.05, 0) is 43.1 Å². The third kappa shape index (κ3) is 4.10. The molecule has 2 rings (SSSR count). The first-order chi connectivity index (χ1) is 9.22. The molecular formula is C15H21ClN2S. The normalized spacial score (nSPS) is 12.8. The highest BCUT2D eigenvalue weighted by molar-refractivity contribution is 7.16. The lowest BCUT2D eigenvalue weighted by Gasteiger charge is -2.15. The molecule has 19 heavy (non-hydrogen) atoms. The standard InChI is InChI=1S/C15H21ClN2S/c1-3-8-17-14(4-2)12-7-9-18(10-12)11-13-5-6-15(16)19-13/h5-7,9-10,14,17H,3-4,8,11H2,1-2H3. The van der Waals surface area contributed by atoms with Crippen LogP contribution >= 0.6 is 22.9 Å². The second-order valence-electron chi connectivity index (χ2n) is 4.74. The minimum atomic E-state index is 0.466. The first kappa shape index (κ1) is 14.6. The van der Waals surface area contributed by atoms with Gasteiger partial charge in [0.1, 0.15) is 0 Å². The predicted molar refractivity (Wildman–Crippen MR) is 84.2 cm³/mol. The number of hydrogen-bond acceptors (Lipinski definition) is 2. The Hall–Kier alpha value is -0.770. The Morgan fingerprint density at radius 2 is 2.16 bits per heavy atom. The van der Waals surface area contributed by atoms with Gasteiger partial charge in [0, 0.05) is 23.3 Å². The van der Waals surface area contributed by atoms with E-state index in [4.69, 9.17) is 11.6 Å². The predicted octanol–water partition coefficient (Wildman–Crippen LogP) is 4.70. The molecule has 1 atom stereocenters. The monoisotopic (exact) mass is 296 g/mol. The van der Waals surface area contributed by atoms with Gasteiger partial charge in [0.05, 0.1) is 10.9 Å². The maximum Gasteiger partial charge on any atom is 0.0931 e. The lowest BCUT2D eigenvalue weighted by atomic mass is 10.1. The van der Waals surface area contributed by atoms with Gasteiger partial charge in [0.25, 0.3) is 0 Å². The lowest BCUT2D eigenvalue weighted by Crippen LogP contribution is -2.21. The molecule has 0 saturated heterocycles. The molecule has 0 bridgehead atoms. The molecule has 0 spiro atoms. The van der Waals surface area contributed by atoms with Crippen molar-refractivity contribution >= 4 is 22.9 Å². The molecule has 2 heterocycles. The van der Waals surface area contributed by atoms with Crippen LogP contribution in [0.3, 0.4) is 0 Å². The minimum Gasteiger partial charge on any atom is -0.349 e. The molecule has 1 unspecified atom stereocenters. The summed E-state index contributed by atoms with van der Waals surface area (Å²) < 4.78 is 3.09. The van der Waals surface area contributed by atoms with Gasteiger partial charge in [0.2, 0.25) is 0 Å². The summed E-state index contributed by atoms with van der Waals surface area (Å²) in [6, 6.07) is 6.74. The molecule has 2 nitrogen and oxygen atoms in total. The van der Waals surface area contributed by atoms with Crippen molar-refractivity contribution in [3.8, 4) is 0 Å². The minimum absolute atomic E-state index is 0.466. The van der Waals surface area contributed by atoms with Gasteiger partial charge < -0.3 is 9.88 Å². The number of hydrogen-bond donors (Lipinski definition) is 1. The average molecular weight is 297 g/mol. The number of thiophene rings is 1. The Balaban J connectivity index is 2.01. The van der Waals surface area contributed by atoms with Crippen LogP contribution in [-0.4, -0.2) is 11.1 Å². The van der Waals surface area contributed by atoms with Gasteiger partial charge in [-0.15, -0.1) is 11.3 Å². The number of aromatic nitrogens is 1. The molecule has 0 aliphatic heterocycles. The van der Waals surface area contributed by atoms with Crippen molar-refractivity contribution in [3.63, 3.8) is 0 Å². The molecule has 0 aliphatic rings. The van der Waals surface area contributed by atoms with Crippen LogP contribution in [0.2, 0.25) is 4.34 Å². The SMILES string of the molecule is CCCNC(CC)c1ccn(Cc2ccc(Cl)s2)c1. The van der Waals surface area contributed by atoms with Crippen LogP contribution in [-0.2, 0) is 6.54 Å². The fourth-order valence-electron chi connectivity index (χ4n) is 2.20. The molecule has 0 aromatic carbocycles. The highest BCUT2D eigenvalue weighted by Gasteiger charge is 2.09. The van der Waals surface area contributed by atoms with Gasteiger partial charge in [-0.3, -0.25) is 0 Å². The van der Waals surface area contributed by atoms with Crippen molar-refractivity contribution in [2.45, 2.75) is 39.3 Å². The molecule has 104 valence electrons. The number of rotatable bonds is 7. The number of halogens is 1. The molecule has 0 fully saturated rings. The zero-order valence-electron chi connectivity index (χ0n) is 11.5. The van der Waals surface area contributed by atoms with Crippen molar-refractivity contribution in [1.29, 1.82) is 0 Å². The highest BCUT2D eigenvalue weighted by Crippen LogP contribution is 2.23. The molecule has 0 radical (unpaired) electrons. The van der Waals surface area contributed by atoms with E-state index in [0.29, 0.717) is 6.04 Å². The van der Waals surface area contributed by atoms with Crippen molar-refractivity contribution in [2.75, 3.05) is 6.54 Å². The second kappa shape index (κ2) is 7.13. The lowest BCUT2D eigenvalue weighted by molar-refractivity contribution is 0.518. The molecule has 4 heteroatoms. The molecule has 2 aromatic heterocycles. The summed E-state index contributed by atoms with van der Waals surface area (Å²) in [5.41, 5.74) is 1.37. The van der Waals surface area contributed by atoms with Crippen molar-refractivity contribution in [3.05, 3.63) is 45.4 Å². The summed E-state index contributed by atoms with van der Waals surface area (Å²) in [6.07, 6.45) is 6.68. The Morgan fingerprint density at radius 1 is 1.32 bits per heavy atom.